The van der Waals surface area contributed by atoms with Crippen LogP contribution in [-0.2, 0) is 0 Å². The standard InChI is InChI=1S/C12H17FN2/c13-11-8-15-7-6-9(11)10-4-2-1-3-5-12(10)14/h6-8,10,12H,1-5,14H2. The molecule has 2 N–H and O–H groups in total. The molecule has 15 heavy (non-hydrogen) atoms. The highest BCUT2D eigenvalue weighted by Crippen LogP contribution is 2.31. The number of pyridine rings is 1. The van der Waals surface area contributed by atoms with Crippen LogP contribution in [0.3, 0.4) is 0 Å². The molecule has 2 rings (SSSR count). The third kappa shape index (κ3) is 2.34. The number of hydrogen-bond donors (Lipinski definition) is 1. The van der Waals surface area contributed by atoms with Crippen molar-refractivity contribution in [3.8, 4) is 0 Å². The molecule has 0 spiro atoms. The Labute approximate surface area is 89.7 Å². The van der Waals surface area contributed by atoms with E-state index in [1.165, 1.54) is 19.0 Å². The molecular weight excluding hydrogens is 191 g/mol. The first-order valence-electron chi connectivity index (χ1n) is 5.64. The first-order valence-corrected chi connectivity index (χ1v) is 5.64. The van der Waals surface area contributed by atoms with Crippen molar-refractivity contribution in [3.63, 3.8) is 0 Å². The molecule has 0 radical (unpaired) electrons. The minimum absolute atomic E-state index is 0.101. The van der Waals surface area contributed by atoms with E-state index in [-0.39, 0.29) is 17.8 Å². The van der Waals surface area contributed by atoms with Crippen LogP contribution in [0.5, 0.6) is 0 Å². The van der Waals surface area contributed by atoms with Crippen molar-refractivity contribution in [2.45, 2.75) is 44.1 Å². The van der Waals surface area contributed by atoms with Crippen molar-refractivity contribution in [2.24, 2.45) is 5.73 Å². The fraction of sp³-hybridized carbons (Fsp3) is 0.583. The van der Waals surface area contributed by atoms with Crippen LogP contribution in [-0.4, -0.2) is 11.0 Å². The van der Waals surface area contributed by atoms with Crippen LogP contribution < -0.4 is 5.73 Å². The van der Waals surface area contributed by atoms with Crippen LogP contribution >= 0.6 is 0 Å². The topological polar surface area (TPSA) is 38.9 Å². The number of hydrogen-bond acceptors (Lipinski definition) is 2. The number of rotatable bonds is 1. The van der Waals surface area contributed by atoms with Crippen LogP contribution in [0.25, 0.3) is 0 Å². The molecule has 0 bridgehead atoms. The SMILES string of the molecule is NC1CCCCCC1c1ccncc1F. The fourth-order valence-electron chi connectivity index (χ4n) is 2.41. The first kappa shape index (κ1) is 10.6. The molecule has 1 saturated carbocycles. The van der Waals surface area contributed by atoms with Crippen molar-refractivity contribution in [2.75, 3.05) is 0 Å². The average Bonchev–Trinajstić information content (AvgIpc) is 2.44. The van der Waals surface area contributed by atoms with Crippen molar-refractivity contribution >= 4 is 0 Å². The van der Waals surface area contributed by atoms with E-state index >= 15 is 0 Å². The highest BCUT2D eigenvalue weighted by atomic mass is 19.1. The van der Waals surface area contributed by atoms with Gasteiger partial charge in [-0.05, 0) is 24.5 Å². The minimum atomic E-state index is -0.208. The summed E-state index contributed by atoms with van der Waals surface area (Å²) in [5.41, 5.74) is 6.84. The molecule has 1 aliphatic carbocycles. The Kier molecular flexibility index (Phi) is 3.31. The average molecular weight is 208 g/mol. The summed E-state index contributed by atoms with van der Waals surface area (Å²) in [5.74, 6) is -0.0321. The molecular formula is C12H17FN2. The van der Waals surface area contributed by atoms with Gasteiger partial charge in [-0.1, -0.05) is 19.3 Å². The van der Waals surface area contributed by atoms with Gasteiger partial charge in [0.05, 0.1) is 6.20 Å². The zero-order valence-corrected chi connectivity index (χ0v) is 8.82. The first-order chi connectivity index (χ1) is 7.29. The van der Waals surface area contributed by atoms with Gasteiger partial charge >= 0.3 is 0 Å². The summed E-state index contributed by atoms with van der Waals surface area (Å²) in [6.45, 7) is 0. The molecule has 1 fully saturated rings. The van der Waals surface area contributed by atoms with Gasteiger partial charge in [-0.25, -0.2) is 4.39 Å². The van der Waals surface area contributed by atoms with Gasteiger partial charge in [0.15, 0.2) is 0 Å². The number of aromatic nitrogens is 1. The smallest absolute Gasteiger partial charge is 0.145 e. The molecule has 82 valence electrons. The molecule has 2 unspecified atom stereocenters. The van der Waals surface area contributed by atoms with Gasteiger partial charge < -0.3 is 5.73 Å². The second kappa shape index (κ2) is 4.71. The zero-order valence-electron chi connectivity index (χ0n) is 8.82. The lowest BCUT2D eigenvalue weighted by Crippen LogP contribution is -2.27. The summed E-state index contributed by atoms with van der Waals surface area (Å²) < 4.78 is 13.6. The van der Waals surface area contributed by atoms with Gasteiger partial charge in [-0.2, -0.15) is 0 Å². The lowest BCUT2D eigenvalue weighted by Gasteiger charge is -2.21. The van der Waals surface area contributed by atoms with Gasteiger partial charge in [0.1, 0.15) is 5.82 Å². The van der Waals surface area contributed by atoms with E-state index < -0.39 is 0 Å². The van der Waals surface area contributed by atoms with Crippen molar-refractivity contribution in [1.29, 1.82) is 0 Å². The molecule has 2 nitrogen and oxygen atoms in total. The predicted molar refractivity (Wildman–Crippen MR) is 58.0 cm³/mol. The molecule has 0 amide bonds. The third-order valence-corrected chi connectivity index (χ3v) is 3.27. The summed E-state index contributed by atoms with van der Waals surface area (Å²) in [6.07, 6.45) is 8.49. The van der Waals surface area contributed by atoms with E-state index in [1.807, 2.05) is 0 Å². The molecule has 0 saturated heterocycles. The largest absolute Gasteiger partial charge is 0.327 e. The molecule has 2 atom stereocenters. The molecule has 1 aliphatic rings. The second-order valence-corrected chi connectivity index (χ2v) is 4.31. The van der Waals surface area contributed by atoms with E-state index in [9.17, 15) is 4.39 Å². The Bertz CT molecular complexity index is 327. The molecule has 1 aromatic rings. The highest BCUT2D eigenvalue weighted by Gasteiger charge is 2.24. The van der Waals surface area contributed by atoms with Crippen LogP contribution in [0.15, 0.2) is 18.5 Å². The highest BCUT2D eigenvalue weighted by molar-refractivity contribution is 5.20. The van der Waals surface area contributed by atoms with Crippen LogP contribution in [0.2, 0.25) is 0 Å². The summed E-state index contributed by atoms with van der Waals surface area (Å²) in [4.78, 5) is 3.77. The third-order valence-electron chi connectivity index (χ3n) is 3.27. The normalized spacial score (nSPS) is 27.3. The quantitative estimate of drug-likeness (QED) is 0.720. The Morgan fingerprint density at radius 2 is 2.07 bits per heavy atom. The second-order valence-electron chi connectivity index (χ2n) is 4.31. The summed E-state index contributed by atoms with van der Waals surface area (Å²) in [7, 11) is 0. The van der Waals surface area contributed by atoms with Gasteiger partial charge in [0.2, 0.25) is 0 Å². The molecule has 1 heterocycles. The minimum Gasteiger partial charge on any atom is -0.327 e. The van der Waals surface area contributed by atoms with E-state index in [0.717, 1.165) is 24.8 Å². The maximum atomic E-state index is 13.6. The Morgan fingerprint density at radius 3 is 2.87 bits per heavy atom. The Morgan fingerprint density at radius 1 is 1.27 bits per heavy atom. The van der Waals surface area contributed by atoms with Gasteiger partial charge in [0, 0.05) is 18.2 Å². The lowest BCUT2D eigenvalue weighted by atomic mass is 9.88. The fourth-order valence-corrected chi connectivity index (χ4v) is 2.41. The summed E-state index contributed by atoms with van der Waals surface area (Å²) >= 11 is 0. The van der Waals surface area contributed by atoms with Crippen LogP contribution in [0.1, 0.15) is 43.6 Å². The summed E-state index contributed by atoms with van der Waals surface area (Å²) in [5, 5.41) is 0. The van der Waals surface area contributed by atoms with Crippen molar-refractivity contribution in [1.82, 2.24) is 4.98 Å². The van der Waals surface area contributed by atoms with E-state index in [4.69, 9.17) is 5.73 Å². The molecule has 3 heteroatoms. The molecule has 1 aromatic heterocycles. The Hall–Kier alpha value is -0.960. The monoisotopic (exact) mass is 208 g/mol. The maximum absolute atomic E-state index is 13.6. The molecule has 0 aliphatic heterocycles. The van der Waals surface area contributed by atoms with Crippen molar-refractivity contribution in [3.05, 3.63) is 29.8 Å². The number of halogens is 1. The van der Waals surface area contributed by atoms with Crippen molar-refractivity contribution < 1.29 is 4.39 Å². The van der Waals surface area contributed by atoms with E-state index in [1.54, 1.807) is 12.3 Å². The molecule has 0 aromatic carbocycles. The zero-order chi connectivity index (χ0) is 10.7. The Balaban J connectivity index is 2.24. The van der Waals surface area contributed by atoms with Crippen LogP contribution in [0, 0.1) is 5.82 Å². The maximum Gasteiger partial charge on any atom is 0.145 e. The summed E-state index contributed by atoms with van der Waals surface area (Å²) in [6, 6.07) is 1.87. The van der Waals surface area contributed by atoms with Gasteiger partial charge in [-0.3, -0.25) is 4.98 Å². The van der Waals surface area contributed by atoms with E-state index in [0.29, 0.717) is 0 Å². The number of nitrogens with two attached hydrogens (primary N) is 1. The number of nitrogens with zero attached hydrogens (tertiary/aromatic N) is 1. The van der Waals surface area contributed by atoms with Gasteiger partial charge in [0.25, 0.3) is 0 Å². The predicted octanol–water partition coefficient (Wildman–Crippen LogP) is 2.60. The lowest BCUT2D eigenvalue weighted by molar-refractivity contribution is 0.478. The van der Waals surface area contributed by atoms with E-state index in [2.05, 4.69) is 4.98 Å². The van der Waals surface area contributed by atoms with Crippen LogP contribution in [0.4, 0.5) is 4.39 Å². The van der Waals surface area contributed by atoms with Gasteiger partial charge in [-0.15, -0.1) is 0 Å².